The molecule has 112 valence electrons. The van der Waals surface area contributed by atoms with Gasteiger partial charge in [0, 0.05) is 18.4 Å². The summed E-state index contributed by atoms with van der Waals surface area (Å²) < 4.78 is 27.3. The van der Waals surface area contributed by atoms with Crippen LogP contribution < -0.4 is 10.0 Å². The molecule has 0 saturated carbocycles. The van der Waals surface area contributed by atoms with E-state index in [-0.39, 0.29) is 11.4 Å². The summed E-state index contributed by atoms with van der Waals surface area (Å²) in [5.41, 5.74) is 1.52. The Morgan fingerprint density at radius 1 is 1.19 bits per heavy atom. The van der Waals surface area contributed by atoms with Crippen molar-refractivity contribution in [2.45, 2.75) is 25.3 Å². The zero-order valence-corrected chi connectivity index (χ0v) is 12.8. The minimum Gasteiger partial charge on any atom is -0.369 e. The van der Waals surface area contributed by atoms with Crippen LogP contribution in [0.25, 0.3) is 0 Å². The van der Waals surface area contributed by atoms with Crippen molar-refractivity contribution in [3.05, 3.63) is 47.9 Å². The minimum atomic E-state index is -3.64. The lowest BCUT2D eigenvalue weighted by Crippen LogP contribution is -2.25. The van der Waals surface area contributed by atoms with Crippen molar-refractivity contribution in [3.8, 4) is 0 Å². The number of aromatic nitrogens is 2. The van der Waals surface area contributed by atoms with Gasteiger partial charge in [0.2, 0.25) is 10.0 Å². The van der Waals surface area contributed by atoms with Crippen LogP contribution in [0, 0.1) is 6.92 Å². The molecule has 0 spiro atoms. The molecule has 2 aromatic rings. The smallest absolute Gasteiger partial charge is 0.244 e. The Balaban J connectivity index is 2.19. The second-order valence-corrected chi connectivity index (χ2v) is 6.21. The van der Waals surface area contributed by atoms with Gasteiger partial charge in [0.1, 0.15) is 10.7 Å². The third-order valence-electron chi connectivity index (χ3n) is 2.79. The molecule has 0 unspecified atom stereocenters. The first kappa shape index (κ1) is 15.4. The van der Waals surface area contributed by atoms with Crippen LogP contribution in [0.3, 0.4) is 0 Å². The first-order valence-corrected chi connectivity index (χ1v) is 8.12. The van der Waals surface area contributed by atoms with Gasteiger partial charge in [-0.05, 0) is 38.1 Å². The van der Waals surface area contributed by atoms with Crippen molar-refractivity contribution in [2.75, 3.05) is 11.9 Å². The van der Waals surface area contributed by atoms with Crippen LogP contribution >= 0.6 is 0 Å². The van der Waals surface area contributed by atoms with Gasteiger partial charge in [0.25, 0.3) is 0 Å². The lowest BCUT2D eigenvalue weighted by molar-refractivity contribution is 0.580. The maximum atomic E-state index is 12.4. The molecule has 0 aliphatic carbocycles. The van der Waals surface area contributed by atoms with Crippen LogP contribution in [-0.4, -0.2) is 24.9 Å². The number of hydrogen-bond donors (Lipinski definition) is 2. The molecule has 2 heterocycles. The van der Waals surface area contributed by atoms with E-state index < -0.39 is 10.0 Å². The Labute approximate surface area is 124 Å². The summed E-state index contributed by atoms with van der Waals surface area (Å²) in [4.78, 5) is 8.47. The highest BCUT2D eigenvalue weighted by atomic mass is 32.2. The first-order valence-electron chi connectivity index (χ1n) is 6.64. The lowest BCUT2D eigenvalue weighted by Gasteiger charge is -2.11. The fourth-order valence-corrected chi connectivity index (χ4v) is 2.98. The highest BCUT2D eigenvalue weighted by Crippen LogP contribution is 2.17. The van der Waals surface area contributed by atoms with Gasteiger partial charge in [-0.25, -0.2) is 18.1 Å². The summed E-state index contributed by atoms with van der Waals surface area (Å²) in [6.07, 6.45) is 1.55. The molecule has 0 bridgehead atoms. The number of rotatable bonds is 6. The van der Waals surface area contributed by atoms with Gasteiger partial charge in [-0.1, -0.05) is 6.07 Å². The van der Waals surface area contributed by atoms with Gasteiger partial charge in [-0.3, -0.25) is 4.98 Å². The van der Waals surface area contributed by atoms with Crippen LogP contribution in [0.4, 0.5) is 5.82 Å². The third kappa shape index (κ3) is 3.99. The topological polar surface area (TPSA) is 84.0 Å². The largest absolute Gasteiger partial charge is 0.369 e. The molecule has 0 aromatic carbocycles. The number of anilines is 1. The van der Waals surface area contributed by atoms with E-state index >= 15 is 0 Å². The molecule has 7 heteroatoms. The fraction of sp³-hybridized carbons (Fsp3) is 0.286. The van der Waals surface area contributed by atoms with Gasteiger partial charge in [0.05, 0.1) is 12.2 Å². The predicted molar refractivity (Wildman–Crippen MR) is 81.4 cm³/mol. The van der Waals surface area contributed by atoms with E-state index in [4.69, 9.17) is 0 Å². The summed E-state index contributed by atoms with van der Waals surface area (Å²) in [5, 5.41) is 2.94. The van der Waals surface area contributed by atoms with Gasteiger partial charge in [-0.15, -0.1) is 0 Å². The Morgan fingerprint density at radius 2 is 2.00 bits per heavy atom. The summed E-state index contributed by atoms with van der Waals surface area (Å²) in [6.45, 7) is 4.49. The molecule has 2 aromatic heterocycles. The standard InChI is InChI=1S/C14H18N4O2S/c1-3-15-14-13(8-5-9-16-14)21(19,20)17-10-12-7-4-6-11(2)18-12/h4-9,17H,3,10H2,1-2H3,(H,15,16). The maximum absolute atomic E-state index is 12.4. The number of hydrogen-bond acceptors (Lipinski definition) is 5. The van der Waals surface area contributed by atoms with Gasteiger partial charge >= 0.3 is 0 Å². The average molecular weight is 306 g/mol. The second kappa shape index (κ2) is 6.64. The van der Waals surface area contributed by atoms with Crippen molar-refractivity contribution >= 4 is 15.8 Å². The maximum Gasteiger partial charge on any atom is 0.244 e. The summed E-state index contributed by atoms with van der Waals surface area (Å²) in [7, 11) is -3.64. The van der Waals surface area contributed by atoms with Crippen LogP contribution in [0.15, 0.2) is 41.4 Å². The Bertz CT molecular complexity index is 716. The Morgan fingerprint density at radius 3 is 2.71 bits per heavy atom. The first-order chi connectivity index (χ1) is 10.0. The minimum absolute atomic E-state index is 0.138. The molecule has 0 atom stereocenters. The monoisotopic (exact) mass is 306 g/mol. The molecule has 0 saturated heterocycles. The highest BCUT2D eigenvalue weighted by Gasteiger charge is 2.18. The third-order valence-corrected chi connectivity index (χ3v) is 4.23. The van der Waals surface area contributed by atoms with Crippen LogP contribution in [0.1, 0.15) is 18.3 Å². The van der Waals surface area contributed by atoms with Crippen LogP contribution in [0.2, 0.25) is 0 Å². The number of pyridine rings is 2. The average Bonchev–Trinajstić information content (AvgIpc) is 2.46. The number of aryl methyl sites for hydroxylation is 1. The molecule has 0 aliphatic rings. The Kier molecular flexibility index (Phi) is 4.87. The molecule has 0 fully saturated rings. The lowest BCUT2D eigenvalue weighted by atomic mass is 10.3. The molecular weight excluding hydrogens is 288 g/mol. The summed E-state index contributed by atoms with van der Waals surface area (Å²) >= 11 is 0. The van der Waals surface area contributed by atoms with Crippen LogP contribution in [0.5, 0.6) is 0 Å². The van der Waals surface area contributed by atoms with E-state index in [1.807, 2.05) is 26.0 Å². The number of nitrogens with zero attached hydrogens (tertiary/aromatic N) is 2. The molecule has 2 rings (SSSR count). The predicted octanol–water partition coefficient (Wildman–Crippen LogP) is 1.70. The van der Waals surface area contributed by atoms with Crippen molar-refractivity contribution in [3.63, 3.8) is 0 Å². The SMILES string of the molecule is CCNc1ncccc1S(=O)(=O)NCc1cccc(C)n1. The van der Waals surface area contributed by atoms with Crippen LogP contribution in [-0.2, 0) is 16.6 Å². The van der Waals surface area contributed by atoms with Crippen molar-refractivity contribution in [1.82, 2.24) is 14.7 Å². The summed E-state index contributed by atoms with van der Waals surface area (Å²) in [5.74, 6) is 0.352. The van der Waals surface area contributed by atoms with E-state index in [2.05, 4.69) is 20.0 Å². The molecule has 2 N–H and O–H groups in total. The van der Waals surface area contributed by atoms with Gasteiger partial charge < -0.3 is 5.32 Å². The zero-order chi connectivity index (χ0) is 15.3. The molecule has 6 nitrogen and oxygen atoms in total. The van der Waals surface area contributed by atoms with E-state index in [0.717, 1.165) is 5.69 Å². The second-order valence-electron chi connectivity index (χ2n) is 4.48. The molecular formula is C14H18N4O2S. The quantitative estimate of drug-likeness (QED) is 0.848. The highest BCUT2D eigenvalue weighted by molar-refractivity contribution is 7.89. The fourth-order valence-electron chi connectivity index (χ4n) is 1.85. The zero-order valence-electron chi connectivity index (χ0n) is 12.0. The molecule has 21 heavy (non-hydrogen) atoms. The van der Waals surface area contributed by atoms with Crippen molar-refractivity contribution < 1.29 is 8.42 Å². The number of sulfonamides is 1. The van der Waals surface area contributed by atoms with E-state index in [1.54, 1.807) is 18.3 Å². The summed E-state index contributed by atoms with van der Waals surface area (Å²) in [6, 6.07) is 8.61. The van der Waals surface area contributed by atoms with Crippen molar-refractivity contribution in [1.29, 1.82) is 0 Å². The normalized spacial score (nSPS) is 11.3. The van der Waals surface area contributed by atoms with Gasteiger partial charge in [-0.2, -0.15) is 0 Å². The molecule has 0 radical (unpaired) electrons. The van der Waals surface area contributed by atoms with Crippen molar-refractivity contribution in [2.24, 2.45) is 0 Å². The van der Waals surface area contributed by atoms with Gasteiger partial charge in [0.15, 0.2) is 0 Å². The molecule has 0 aliphatic heterocycles. The number of nitrogens with one attached hydrogen (secondary N) is 2. The van der Waals surface area contributed by atoms with E-state index in [0.29, 0.717) is 18.1 Å². The van der Waals surface area contributed by atoms with E-state index in [1.165, 1.54) is 6.07 Å². The Hall–Kier alpha value is -1.99. The van der Waals surface area contributed by atoms with E-state index in [9.17, 15) is 8.42 Å². The molecule has 0 amide bonds.